The second-order valence-electron chi connectivity index (χ2n) is 5.57. The lowest BCUT2D eigenvalue weighted by atomic mass is 10.0. The zero-order chi connectivity index (χ0) is 12.8. The van der Waals surface area contributed by atoms with E-state index >= 15 is 0 Å². The number of hydrogen-bond donors (Lipinski definition) is 1. The van der Waals surface area contributed by atoms with Crippen molar-refractivity contribution in [1.29, 1.82) is 0 Å². The van der Waals surface area contributed by atoms with Crippen molar-refractivity contribution < 1.29 is 0 Å². The highest BCUT2D eigenvalue weighted by Gasteiger charge is 2.41. The van der Waals surface area contributed by atoms with Crippen LogP contribution >= 0.6 is 0 Å². The quantitative estimate of drug-likeness (QED) is 0.837. The van der Waals surface area contributed by atoms with Gasteiger partial charge in [0, 0.05) is 18.7 Å². The highest BCUT2D eigenvalue weighted by Crippen LogP contribution is 2.50. The van der Waals surface area contributed by atoms with Crippen LogP contribution in [0.25, 0.3) is 11.0 Å². The number of rotatable bonds is 4. The maximum atomic E-state index is 5.84. The molecule has 96 valence electrons. The van der Waals surface area contributed by atoms with E-state index in [-0.39, 0.29) is 0 Å². The second kappa shape index (κ2) is 4.01. The fourth-order valence-corrected chi connectivity index (χ4v) is 2.78. The van der Waals surface area contributed by atoms with E-state index in [4.69, 9.17) is 10.7 Å². The predicted octanol–water partition coefficient (Wildman–Crippen LogP) is 3.37. The zero-order valence-electron chi connectivity index (χ0n) is 11.2. The van der Waals surface area contributed by atoms with Gasteiger partial charge in [-0.2, -0.15) is 0 Å². The number of imidazole rings is 1. The first-order valence-electron chi connectivity index (χ1n) is 6.92. The summed E-state index contributed by atoms with van der Waals surface area (Å²) in [6, 6.07) is 6.07. The van der Waals surface area contributed by atoms with Gasteiger partial charge in [-0.3, -0.25) is 0 Å². The molecule has 0 bridgehead atoms. The first kappa shape index (κ1) is 11.6. The van der Waals surface area contributed by atoms with Gasteiger partial charge < -0.3 is 10.3 Å². The van der Waals surface area contributed by atoms with E-state index in [1.807, 2.05) is 12.1 Å². The molecule has 0 saturated heterocycles. The molecule has 0 atom stereocenters. The molecule has 0 aliphatic heterocycles. The average molecular weight is 243 g/mol. The molecule has 0 unspecified atom stereocenters. The fourth-order valence-electron chi connectivity index (χ4n) is 2.78. The van der Waals surface area contributed by atoms with Crippen molar-refractivity contribution in [3.63, 3.8) is 0 Å². The van der Waals surface area contributed by atoms with Gasteiger partial charge in [-0.05, 0) is 42.9 Å². The summed E-state index contributed by atoms with van der Waals surface area (Å²) < 4.78 is 2.41. The van der Waals surface area contributed by atoms with Crippen LogP contribution in [0.15, 0.2) is 18.2 Å². The summed E-state index contributed by atoms with van der Waals surface area (Å²) in [6.07, 6.45) is 4.97. The average Bonchev–Trinajstić information content (AvgIpc) is 3.07. The van der Waals surface area contributed by atoms with E-state index in [2.05, 4.69) is 24.5 Å². The highest BCUT2D eigenvalue weighted by atomic mass is 15.1. The van der Waals surface area contributed by atoms with Gasteiger partial charge in [0.05, 0.1) is 11.0 Å². The van der Waals surface area contributed by atoms with E-state index in [9.17, 15) is 0 Å². The summed E-state index contributed by atoms with van der Waals surface area (Å²) in [5, 5.41) is 0. The summed E-state index contributed by atoms with van der Waals surface area (Å²) in [5.41, 5.74) is 9.46. The van der Waals surface area contributed by atoms with E-state index in [0.717, 1.165) is 24.2 Å². The minimum absolute atomic E-state index is 0.541. The van der Waals surface area contributed by atoms with Gasteiger partial charge in [0.25, 0.3) is 0 Å². The number of nitrogens with zero attached hydrogens (tertiary/aromatic N) is 2. The summed E-state index contributed by atoms with van der Waals surface area (Å²) in [7, 11) is 0. The Morgan fingerprint density at radius 2 is 2.11 bits per heavy atom. The molecule has 1 saturated carbocycles. The minimum atomic E-state index is 0.541. The van der Waals surface area contributed by atoms with Crippen molar-refractivity contribution in [3.8, 4) is 0 Å². The van der Waals surface area contributed by atoms with Crippen LogP contribution in [-0.4, -0.2) is 9.55 Å². The Labute approximate surface area is 108 Å². The molecule has 2 aromatic rings. The molecule has 3 heteroatoms. The molecule has 1 fully saturated rings. The van der Waals surface area contributed by atoms with Crippen molar-refractivity contribution in [1.82, 2.24) is 9.55 Å². The van der Waals surface area contributed by atoms with Crippen molar-refractivity contribution in [2.75, 3.05) is 5.73 Å². The van der Waals surface area contributed by atoms with Gasteiger partial charge in [0.2, 0.25) is 0 Å². The Kier molecular flexibility index (Phi) is 2.58. The monoisotopic (exact) mass is 243 g/mol. The third kappa shape index (κ3) is 1.78. The summed E-state index contributed by atoms with van der Waals surface area (Å²) in [6.45, 7) is 5.59. The lowest BCUT2D eigenvalue weighted by Crippen LogP contribution is -2.13. The summed E-state index contributed by atoms with van der Waals surface area (Å²) in [4.78, 5) is 4.72. The zero-order valence-corrected chi connectivity index (χ0v) is 11.2. The number of aromatic nitrogens is 2. The molecule has 1 aliphatic carbocycles. The van der Waals surface area contributed by atoms with Gasteiger partial charge in [0.1, 0.15) is 5.82 Å². The van der Waals surface area contributed by atoms with E-state index in [0.29, 0.717) is 5.41 Å². The largest absolute Gasteiger partial charge is 0.399 e. The molecule has 3 nitrogen and oxygen atoms in total. The summed E-state index contributed by atoms with van der Waals surface area (Å²) >= 11 is 0. The Bertz CT molecular complexity index is 579. The van der Waals surface area contributed by atoms with Gasteiger partial charge >= 0.3 is 0 Å². The number of benzene rings is 1. The first-order chi connectivity index (χ1) is 8.67. The van der Waals surface area contributed by atoms with Crippen molar-refractivity contribution in [2.24, 2.45) is 5.41 Å². The fraction of sp³-hybridized carbons (Fsp3) is 0.533. The van der Waals surface area contributed by atoms with E-state index < -0.39 is 0 Å². The van der Waals surface area contributed by atoms with Crippen molar-refractivity contribution in [2.45, 2.75) is 46.1 Å². The molecule has 1 aromatic heterocycles. The molecule has 1 heterocycles. The third-order valence-corrected chi connectivity index (χ3v) is 4.37. The number of aryl methyl sites for hydroxylation is 1. The normalized spacial score (nSPS) is 17.2. The van der Waals surface area contributed by atoms with Crippen molar-refractivity contribution >= 4 is 16.7 Å². The van der Waals surface area contributed by atoms with Crippen LogP contribution in [0.3, 0.4) is 0 Å². The van der Waals surface area contributed by atoms with Crippen LogP contribution in [0.5, 0.6) is 0 Å². The minimum Gasteiger partial charge on any atom is -0.399 e. The van der Waals surface area contributed by atoms with Crippen LogP contribution in [-0.2, 0) is 13.0 Å². The van der Waals surface area contributed by atoms with Crippen molar-refractivity contribution in [3.05, 3.63) is 24.0 Å². The molecular weight excluding hydrogens is 222 g/mol. The molecule has 0 spiro atoms. The number of fused-ring (bicyclic) bond motifs is 1. The molecule has 2 N–H and O–H groups in total. The molecule has 3 rings (SSSR count). The predicted molar refractivity (Wildman–Crippen MR) is 75.5 cm³/mol. The number of anilines is 1. The molecule has 0 radical (unpaired) electrons. The first-order valence-corrected chi connectivity index (χ1v) is 6.92. The Morgan fingerprint density at radius 1 is 1.33 bits per heavy atom. The molecule has 1 aromatic carbocycles. The van der Waals surface area contributed by atoms with Gasteiger partial charge in [0.15, 0.2) is 0 Å². The van der Waals surface area contributed by atoms with E-state index in [1.54, 1.807) is 0 Å². The van der Waals surface area contributed by atoms with Crippen LogP contribution in [0, 0.1) is 5.41 Å². The lowest BCUT2D eigenvalue weighted by Gasteiger charge is -2.16. The van der Waals surface area contributed by atoms with Crippen LogP contribution < -0.4 is 5.73 Å². The maximum Gasteiger partial charge on any atom is 0.109 e. The van der Waals surface area contributed by atoms with Gasteiger partial charge in [-0.25, -0.2) is 4.98 Å². The molecule has 1 aliphatic rings. The smallest absolute Gasteiger partial charge is 0.109 e. The molecule has 0 amide bonds. The highest BCUT2D eigenvalue weighted by molar-refractivity contribution is 5.79. The Balaban J connectivity index is 2.08. The standard InChI is InChI=1S/C15H21N3/c1-3-14-17-12-9-11(16)5-6-13(12)18(14)10-15(4-2)7-8-15/h5-6,9H,3-4,7-8,10,16H2,1-2H3. The second-order valence-corrected chi connectivity index (χ2v) is 5.57. The lowest BCUT2D eigenvalue weighted by molar-refractivity contribution is 0.408. The number of nitrogens with two attached hydrogens (primary N) is 1. The number of hydrogen-bond acceptors (Lipinski definition) is 2. The topological polar surface area (TPSA) is 43.8 Å². The van der Waals surface area contributed by atoms with E-state index in [1.165, 1.54) is 30.6 Å². The Morgan fingerprint density at radius 3 is 2.72 bits per heavy atom. The van der Waals surface area contributed by atoms with Gasteiger partial charge in [-0.1, -0.05) is 13.8 Å². The van der Waals surface area contributed by atoms with Crippen LogP contribution in [0.1, 0.15) is 38.9 Å². The molecule has 18 heavy (non-hydrogen) atoms. The molecular formula is C15H21N3. The van der Waals surface area contributed by atoms with Crippen LogP contribution in [0.2, 0.25) is 0 Å². The third-order valence-electron chi connectivity index (χ3n) is 4.37. The Hall–Kier alpha value is -1.51. The van der Waals surface area contributed by atoms with Crippen LogP contribution in [0.4, 0.5) is 5.69 Å². The number of nitrogen functional groups attached to an aromatic ring is 1. The van der Waals surface area contributed by atoms with Gasteiger partial charge in [-0.15, -0.1) is 0 Å². The SMILES string of the molecule is CCc1nc2cc(N)ccc2n1CC1(CC)CC1. The maximum absolute atomic E-state index is 5.84. The summed E-state index contributed by atoms with van der Waals surface area (Å²) in [5.74, 6) is 1.19.